The lowest BCUT2D eigenvalue weighted by Crippen LogP contribution is -2.23. The average Bonchev–Trinajstić information content (AvgIpc) is 2.46. The van der Waals surface area contributed by atoms with E-state index in [2.05, 4.69) is 4.98 Å². The SMILES string of the molecule is NC(=O)c1cccnc1-c1cccc(S(=O)(=O)C(F)(F)F)c1. The number of carbonyl (C=O) groups excluding carboxylic acids is 1. The molecular formula is C13H9F3N2O3S. The molecule has 0 spiro atoms. The highest BCUT2D eigenvalue weighted by Gasteiger charge is 2.46. The molecule has 1 aromatic carbocycles. The number of hydrogen-bond acceptors (Lipinski definition) is 4. The summed E-state index contributed by atoms with van der Waals surface area (Å²) < 4.78 is 60.6. The monoisotopic (exact) mass is 330 g/mol. The van der Waals surface area contributed by atoms with E-state index in [1.807, 2.05) is 0 Å². The van der Waals surface area contributed by atoms with Crippen molar-refractivity contribution >= 4 is 15.7 Å². The molecule has 0 bridgehead atoms. The van der Waals surface area contributed by atoms with Crippen LogP contribution in [0.15, 0.2) is 47.5 Å². The van der Waals surface area contributed by atoms with Crippen LogP contribution >= 0.6 is 0 Å². The van der Waals surface area contributed by atoms with E-state index >= 15 is 0 Å². The lowest BCUT2D eigenvalue weighted by Gasteiger charge is -2.10. The number of aromatic nitrogens is 1. The maximum Gasteiger partial charge on any atom is 0.501 e. The van der Waals surface area contributed by atoms with Crippen molar-refractivity contribution in [3.63, 3.8) is 0 Å². The van der Waals surface area contributed by atoms with Crippen LogP contribution in [0.3, 0.4) is 0 Å². The van der Waals surface area contributed by atoms with E-state index in [0.29, 0.717) is 0 Å². The number of amides is 1. The Morgan fingerprint density at radius 2 is 1.82 bits per heavy atom. The van der Waals surface area contributed by atoms with Gasteiger partial charge in [-0.2, -0.15) is 13.2 Å². The zero-order valence-corrected chi connectivity index (χ0v) is 11.6. The predicted molar refractivity (Wildman–Crippen MR) is 71.4 cm³/mol. The number of rotatable bonds is 3. The molecule has 2 N–H and O–H groups in total. The van der Waals surface area contributed by atoms with E-state index < -0.39 is 26.1 Å². The molecule has 0 unspecified atom stereocenters. The van der Waals surface area contributed by atoms with Crippen molar-refractivity contribution in [1.82, 2.24) is 4.98 Å². The third-order valence-corrected chi connectivity index (χ3v) is 4.28. The number of pyridine rings is 1. The van der Waals surface area contributed by atoms with Crippen molar-refractivity contribution in [2.24, 2.45) is 5.73 Å². The Labute approximate surface area is 123 Å². The molecule has 0 saturated heterocycles. The zero-order valence-electron chi connectivity index (χ0n) is 10.8. The van der Waals surface area contributed by atoms with Crippen molar-refractivity contribution in [3.05, 3.63) is 48.2 Å². The lowest BCUT2D eigenvalue weighted by atomic mass is 10.1. The molecule has 0 fully saturated rings. The Morgan fingerprint density at radius 3 is 2.41 bits per heavy atom. The first-order chi connectivity index (χ1) is 10.1. The van der Waals surface area contributed by atoms with Crippen LogP contribution in [0.2, 0.25) is 0 Å². The fourth-order valence-corrected chi connectivity index (χ4v) is 2.59. The van der Waals surface area contributed by atoms with Gasteiger partial charge in [0.1, 0.15) is 0 Å². The van der Waals surface area contributed by atoms with Crippen molar-refractivity contribution in [1.29, 1.82) is 0 Å². The Balaban J connectivity index is 2.63. The number of nitrogens with two attached hydrogens (primary N) is 1. The molecule has 1 heterocycles. The van der Waals surface area contributed by atoms with Gasteiger partial charge in [0.2, 0.25) is 0 Å². The summed E-state index contributed by atoms with van der Waals surface area (Å²) >= 11 is 0. The molecule has 0 aliphatic carbocycles. The molecule has 116 valence electrons. The van der Waals surface area contributed by atoms with Gasteiger partial charge in [0.15, 0.2) is 0 Å². The van der Waals surface area contributed by atoms with Crippen molar-refractivity contribution in [3.8, 4) is 11.3 Å². The van der Waals surface area contributed by atoms with E-state index in [0.717, 1.165) is 18.2 Å². The summed E-state index contributed by atoms with van der Waals surface area (Å²) in [6.45, 7) is 0. The standard InChI is InChI=1S/C13H9F3N2O3S/c14-13(15,16)22(20,21)9-4-1-3-8(7-9)11-10(12(17)19)5-2-6-18-11/h1-7H,(H2,17,19). The maximum atomic E-state index is 12.6. The van der Waals surface area contributed by atoms with E-state index in [9.17, 15) is 26.4 Å². The van der Waals surface area contributed by atoms with Crippen molar-refractivity contribution in [2.45, 2.75) is 10.4 Å². The van der Waals surface area contributed by atoms with E-state index in [1.54, 1.807) is 0 Å². The average molecular weight is 330 g/mol. The summed E-state index contributed by atoms with van der Waals surface area (Å²) in [6.07, 6.45) is 1.31. The highest BCUT2D eigenvalue weighted by atomic mass is 32.2. The number of benzene rings is 1. The van der Waals surface area contributed by atoms with Gasteiger partial charge < -0.3 is 5.73 Å². The Bertz CT molecular complexity index is 832. The van der Waals surface area contributed by atoms with Crippen LogP contribution in [-0.2, 0) is 9.84 Å². The molecule has 0 atom stereocenters. The second kappa shape index (κ2) is 5.41. The predicted octanol–water partition coefficient (Wildman–Crippen LogP) is 2.14. The molecule has 2 rings (SSSR count). The zero-order chi connectivity index (χ0) is 16.5. The van der Waals surface area contributed by atoms with Crippen LogP contribution in [0.4, 0.5) is 13.2 Å². The largest absolute Gasteiger partial charge is 0.501 e. The molecule has 0 aliphatic rings. The van der Waals surface area contributed by atoms with E-state index in [1.165, 1.54) is 24.4 Å². The first-order valence-electron chi connectivity index (χ1n) is 5.81. The minimum absolute atomic E-state index is 0.00854. The molecule has 5 nitrogen and oxygen atoms in total. The van der Waals surface area contributed by atoms with Crippen LogP contribution in [0.25, 0.3) is 11.3 Å². The number of nitrogens with zero attached hydrogens (tertiary/aromatic N) is 1. The van der Waals surface area contributed by atoms with Gasteiger partial charge in [0.25, 0.3) is 15.7 Å². The Morgan fingerprint density at radius 1 is 1.14 bits per heavy atom. The minimum Gasteiger partial charge on any atom is -0.366 e. The minimum atomic E-state index is -5.48. The molecule has 0 saturated carbocycles. The first kappa shape index (κ1) is 16.0. The topological polar surface area (TPSA) is 90.1 Å². The summed E-state index contributed by atoms with van der Waals surface area (Å²) in [6, 6.07) is 6.86. The number of alkyl halides is 3. The van der Waals surface area contributed by atoms with Crippen LogP contribution in [0.5, 0.6) is 0 Å². The smallest absolute Gasteiger partial charge is 0.366 e. The molecule has 9 heteroatoms. The number of hydrogen-bond donors (Lipinski definition) is 1. The Hall–Kier alpha value is -2.42. The van der Waals surface area contributed by atoms with Gasteiger partial charge in [-0.15, -0.1) is 0 Å². The molecule has 1 aromatic heterocycles. The quantitative estimate of drug-likeness (QED) is 0.933. The second-order valence-corrected chi connectivity index (χ2v) is 6.18. The first-order valence-corrected chi connectivity index (χ1v) is 7.29. The van der Waals surface area contributed by atoms with Crippen LogP contribution in [0.1, 0.15) is 10.4 Å². The third kappa shape index (κ3) is 2.80. The maximum absolute atomic E-state index is 12.6. The van der Waals surface area contributed by atoms with E-state index in [-0.39, 0.29) is 16.8 Å². The van der Waals surface area contributed by atoms with Gasteiger partial charge in [-0.05, 0) is 24.3 Å². The third-order valence-electron chi connectivity index (χ3n) is 2.80. The fraction of sp³-hybridized carbons (Fsp3) is 0.0769. The number of carbonyl (C=O) groups is 1. The van der Waals surface area contributed by atoms with Gasteiger partial charge in [0.05, 0.1) is 16.2 Å². The van der Waals surface area contributed by atoms with Gasteiger partial charge in [0, 0.05) is 11.8 Å². The number of halogens is 3. The highest BCUT2D eigenvalue weighted by molar-refractivity contribution is 7.92. The molecule has 1 amide bonds. The summed E-state index contributed by atoms with van der Waals surface area (Å²) in [5.74, 6) is -0.827. The summed E-state index contributed by atoms with van der Waals surface area (Å²) in [7, 11) is -5.48. The second-order valence-electron chi connectivity index (χ2n) is 4.24. The molecule has 0 aliphatic heterocycles. The summed E-state index contributed by atoms with van der Waals surface area (Å²) in [5, 5.41) is 0. The van der Waals surface area contributed by atoms with Gasteiger partial charge in [-0.3, -0.25) is 9.78 Å². The van der Waals surface area contributed by atoms with Crippen molar-refractivity contribution < 1.29 is 26.4 Å². The number of sulfone groups is 1. The van der Waals surface area contributed by atoms with E-state index in [4.69, 9.17) is 5.73 Å². The van der Waals surface area contributed by atoms with Crippen LogP contribution in [0, 0.1) is 0 Å². The number of primary amides is 1. The summed E-state index contributed by atoms with van der Waals surface area (Å²) in [4.78, 5) is 14.3. The Kier molecular flexibility index (Phi) is 3.92. The van der Waals surface area contributed by atoms with Crippen molar-refractivity contribution in [2.75, 3.05) is 0 Å². The van der Waals surface area contributed by atoms with Crippen LogP contribution in [-0.4, -0.2) is 24.8 Å². The van der Waals surface area contributed by atoms with Gasteiger partial charge >= 0.3 is 5.51 Å². The molecule has 22 heavy (non-hydrogen) atoms. The van der Waals surface area contributed by atoms with Gasteiger partial charge in [-0.1, -0.05) is 12.1 Å². The normalized spacial score (nSPS) is 12.1. The summed E-state index contributed by atoms with van der Waals surface area (Å²) in [5.41, 5.74) is -0.221. The highest BCUT2D eigenvalue weighted by Crippen LogP contribution is 2.32. The molecule has 0 radical (unpaired) electrons. The molecule has 2 aromatic rings. The molecular weight excluding hydrogens is 321 g/mol. The van der Waals surface area contributed by atoms with Crippen LogP contribution < -0.4 is 5.73 Å². The fourth-order valence-electron chi connectivity index (χ4n) is 1.78. The lowest BCUT2D eigenvalue weighted by molar-refractivity contribution is -0.0436. The van der Waals surface area contributed by atoms with Gasteiger partial charge in [-0.25, -0.2) is 8.42 Å².